The molecule has 0 saturated carbocycles. The Kier molecular flexibility index (Phi) is 7.62. The van der Waals surface area contributed by atoms with Crippen molar-refractivity contribution in [1.82, 2.24) is 9.88 Å². The lowest BCUT2D eigenvalue weighted by molar-refractivity contribution is 0.0285. The predicted molar refractivity (Wildman–Crippen MR) is 150 cm³/mol. The Balaban J connectivity index is 1.85. The number of carbonyl (C=O) groups excluding carboxylic acids is 1. The molecule has 0 unspecified atom stereocenters. The van der Waals surface area contributed by atoms with Gasteiger partial charge < -0.3 is 14.7 Å². The fourth-order valence-corrected chi connectivity index (χ4v) is 4.76. The number of phenols is 1. The molecule has 0 bridgehead atoms. The van der Waals surface area contributed by atoms with Crippen molar-refractivity contribution in [2.24, 2.45) is 0 Å². The van der Waals surface area contributed by atoms with Gasteiger partial charge in [0.05, 0.1) is 12.2 Å². The Morgan fingerprint density at radius 1 is 0.889 bits per heavy atom. The maximum Gasteiger partial charge on any atom is 0.410 e. The van der Waals surface area contributed by atoms with Crippen molar-refractivity contribution in [3.8, 4) is 28.1 Å². The number of aromatic hydroxyl groups is 1. The van der Waals surface area contributed by atoms with Crippen molar-refractivity contribution in [2.45, 2.75) is 85.3 Å². The van der Waals surface area contributed by atoms with Gasteiger partial charge in [0.15, 0.2) is 0 Å². The number of ether oxygens (including phenoxy) is 1. The summed E-state index contributed by atoms with van der Waals surface area (Å²) in [5.41, 5.74) is 5.11. The summed E-state index contributed by atoms with van der Waals surface area (Å²) >= 11 is 1.53. The molecule has 0 aliphatic carbocycles. The van der Waals surface area contributed by atoms with E-state index in [-0.39, 0.29) is 16.9 Å². The lowest BCUT2D eigenvalue weighted by atomic mass is 9.77. The molecule has 5 nitrogen and oxygen atoms in total. The normalized spacial score (nSPS) is 12.5. The van der Waals surface area contributed by atoms with Crippen molar-refractivity contribution in [3.63, 3.8) is 0 Å². The minimum Gasteiger partial charge on any atom is -0.507 e. The van der Waals surface area contributed by atoms with E-state index in [1.54, 1.807) is 11.9 Å². The molecule has 3 aromatic rings. The van der Waals surface area contributed by atoms with Crippen LogP contribution in [0.25, 0.3) is 22.4 Å². The molecule has 1 heterocycles. The lowest BCUT2D eigenvalue weighted by Crippen LogP contribution is -2.33. The molecule has 0 aliphatic heterocycles. The van der Waals surface area contributed by atoms with Gasteiger partial charge in [0.2, 0.25) is 0 Å². The molecule has 1 amide bonds. The minimum atomic E-state index is -0.528. The van der Waals surface area contributed by atoms with E-state index in [0.717, 1.165) is 38.5 Å². The van der Waals surface area contributed by atoms with Crippen LogP contribution in [-0.4, -0.2) is 33.7 Å². The second-order valence-electron chi connectivity index (χ2n) is 12.5. The topological polar surface area (TPSA) is 62.7 Å². The van der Waals surface area contributed by atoms with Crippen molar-refractivity contribution in [1.29, 1.82) is 0 Å². The zero-order chi connectivity index (χ0) is 27.1. The van der Waals surface area contributed by atoms with Gasteiger partial charge in [-0.2, -0.15) is 0 Å². The summed E-state index contributed by atoms with van der Waals surface area (Å²) in [4.78, 5) is 18.6. The molecule has 0 atom stereocenters. The van der Waals surface area contributed by atoms with Crippen molar-refractivity contribution < 1.29 is 14.6 Å². The third kappa shape index (κ3) is 6.67. The van der Waals surface area contributed by atoms with Gasteiger partial charge in [-0.3, -0.25) is 0 Å². The average Bonchev–Trinajstić information content (AvgIpc) is 3.19. The van der Waals surface area contributed by atoms with E-state index in [4.69, 9.17) is 9.72 Å². The van der Waals surface area contributed by atoms with E-state index < -0.39 is 5.60 Å². The summed E-state index contributed by atoms with van der Waals surface area (Å²) in [5, 5.41) is 13.9. The minimum absolute atomic E-state index is 0.177. The molecule has 3 rings (SSSR count). The molecular weight excluding hydrogens is 468 g/mol. The summed E-state index contributed by atoms with van der Waals surface area (Å²) < 4.78 is 5.43. The monoisotopic (exact) mass is 508 g/mol. The van der Waals surface area contributed by atoms with Crippen LogP contribution in [0.5, 0.6) is 5.75 Å². The van der Waals surface area contributed by atoms with E-state index in [1.807, 2.05) is 26.2 Å². The quantitative estimate of drug-likeness (QED) is 0.386. The number of hydrogen-bond donors (Lipinski definition) is 1. The van der Waals surface area contributed by atoms with Gasteiger partial charge in [0.25, 0.3) is 0 Å². The SMILES string of the molecule is CN(Cc1nc(-c2ccc(-c3cc(C(C)(C)C)c(O)c(C(C)(C)C)c3)cc2)cs1)C(=O)OC(C)(C)C. The maximum absolute atomic E-state index is 12.3. The number of hydrogen-bond acceptors (Lipinski definition) is 5. The van der Waals surface area contributed by atoms with Crippen LogP contribution in [0, 0.1) is 0 Å². The fraction of sp³-hybridized carbons (Fsp3) is 0.467. The van der Waals surface area contributed by atoms with Crippen molar-refractivity contribution in [3.05, 3.63) is 57.9 Å². The molecule has 6 heteroatoms. The first-order chi connectivity index (χ1) is 16.5. The summed E-state index contributed by atoms with van der Waals surface area (Å²) in [6, 6.07) is 12.6. The first-order valence-corrected chi connectivity index (χ1v) is 13.2. The number of rotatable bonds is 4. The van der Waals surface area contributed by atoms with E-state index >= 15 is 0 Å². The third-order valence-electron chi connectivity index (χ3n) is 5.87. The van der Waals surface area contributed by atoms with Crippen molar-refractivity contribution in [2.75, 3.05) is 7.05 Å². The van der Waals surface area contributed by atoms with E-state index in [1.165, 1.54) is 11.3 Å². The standard InChI is InChI=1S/C30H40N2O3S/c1-28(2,3)22-15-21(16-23(26(22)33)29(4,5)6)19-11-13-20(14-12-19)24-18-36-25(31-24)17-32(10)27(34)35-30(7,8)9/h11-16,18,33H,17H2,1-10H3. The molecule has 0 radical (unpaired) electrons. The van der Waals surface area contributed by atoms with E-state index in [2.05, 4.69) is 77.9 Å². The molecular formula is C30H40N2O3S. The number of phenolic OH excluding ortho intramolecular Hbond substituents is 1. The van der Waals surface area contributed by atoms with E-state index in [9.17, 15) is 9.90 Å². The molecule has 194 valence electrons. The smallest absolute Gasteiger partial charge is 0.410 e. The molecule has 1 aromatic heterocycles. The molecule has 0 spiro atoms. The second kappa shape index (κ2) is 9.89. The summed E-state index contributed by atoms with van der Waals surface area (Å²) in [6.45, 7) is 18.7. The summed E-state index contributed by atoms with van der Waals surface area (Å²) in [6.07, 6.45) is -0.359. The Bertz CT molecular complexity index is 1190. The number of aromatic nitrogens is 1. The Hall–Kier alpha value is -2.86. The fourth-order valence-electron chi connectivity index (χ4n) is 3.90. The largest absolute Gasteiger partial charge is 0.507 e. The van der Waals surface area contributed by atoms with Crippen LogP contribution in [-0.2, 0) is 22.1 Å². The maximum atomic E-state index is 12.3. The first kappa shape index (κ1) is 27.7. The molecule has 2 aromatic carbocycles. The predicted octanol–water partition coefficient (Wildman–Crippen LogP) is 8.14. The molecule has 0 aliphatic rings. The highest BCUT2D eigenvalue weighted by molar-refractivity contribution is 7.09. The zero-order valence-electron chi connectivity index (χ0n) is 23.3. The van der Waals surface area contributed by atoms with E-state index in [0.29, 0.717) is 12.3 Å². The van der Waals surface area contributed by atoms with Gasteiger partial charge in [-0.05, 0) is 54.9 Å². The van der Waals surface area contributed by atoms with Crippen LogP contribution >= 0.6 is 11.3 Å². The summed E-state index contributed by atoms with van der Waals surface area (Å²) in [7, 11) is 1.72. The highest BCUT2D eigenvalue weighted by atomic mass is 32.1. The number of benzene rings is 2. The Labute approximate surface area is 220 Å². The Morgan fingerprint density at radius 3 is 1.86 bits per heavy atom. The van der Waals surface area contributed by atoms with Gasteiger partial charge in [-0.15, -0.1) is 11.3 Å². The molecule has 1 N–H and O–H groups in total. The van der Waals surface area contributed by atoms with Crippen LogP contribution in [0.1, 0.15) is 78.4 Å². The van der Waals surface area contributed by atoms with Gasteiger partial charge in [0, 0.05) is 29.1 Å². The zero-order valence-corrected chi connectivity index (χ0v) is 24.1. The van der Waals surface area contributed by atoms with Crippen LogP contribution < -0.4 is 0 Å². The molecule has 0 fully saturated rings. The molecule has 36 heavy (non-hydrogen) atoms. The highest BCUT2D eigenvalue weighted by Gasteiger charge is 2.27. The van der Waals surface area contributed by atoms with Crippen LogP contribution in [0.3, 0.4) is 0 Å². The van der Waals surface area contributed by atoms with Gasteiger partial charge in [-0.25, -0.2) is 9.78 Å². The van der Waals surface area contributed by atoms with Crippen LogP contribution in [0.4, 0.5) is 4.79 Å². The molecule has 0 saturated heterocycles. The lowest BCUT2D eigenvalue weighted by Gasteiger charge is -2.28. The van der Waals surface area contributed by atoms with Crippen LogP contribution in [0.15, 0.2) is 41.8 Å². The van der Waals surface area contributed by atoms with Crippen LogP contribution in [0.2, 0.25) is 0 Å². The Morgan fingerprint density at radius 2 is 1.39 bits per heavy atom. The number of carbonyl (C=O) groups is 1. The number of thiazole rings is 1. The average molecular weight is 509 g/mol. The van der Waals surface area contributed by atoms with Gasteiger partial charge in [0.1, 0.15) is 16.4 Å². The second-order valence-corrected chi connectivity index (χ2v) is 13.4. The van der Waals surface area contributed by atoms with Crippen molar-refractivity contribution >= 4 is 17.4 Å². The van der Waals surface area contributed by atoms with Gasteiger partial charge >= 0.3 is 6.09 Å². The van der Waals surface area contributed by atoms with Gasteiger partial charge in [-0.1, -0.05) is 65.8 Å². The number of amides is 1. The highest BCUT2D eigenvalue weighted by Crippen LogP contribution is 2.42. The number of nitrogens with zero attached hydrogens (tertiary/aromatic N) is 2. The first-order valence-electron chi connectivity index (χ1n) is 12.3. The third-order valence-corrected chi connectivity index (χ3v) is 6.70. The summed E-state index contributed by atoms with van der Waals surface area (Å²) in [5.74, 6) is 0.390.